The summed E-state index contributed by atoms with van der Waals surface area (Å²) in [6, 6.07) is 11.3. The summed E-state index contributed by atoms with van der Waals surface area (Å²) in [6.45, 7) is 8.13. The predicted molar refractivity (Wildman–Crippen MR) is 97.5 cm³/mol. The molecular weight excluding hydrogens is 360 g/mol. The molecule has 1 unspecified atom stereocenters. The number of benzene rings is 1. The molecule has 0 fully saturated rings. The van der Waals surface area contributed by atoms with E-state index in [1.54, 1.807) is 0 Å². The largest absolute Gasteiger partial charge is 0.501 e. The molecular formula is C17H29BrO3Si. The van der Waals surface area contributed by atoms with Crippen LogP contribution in [0.1, 0.15) is 39.2 Å². The molecule has 1 aromatic carbocycles. The maximum atomic E-state index is 6.17. The van der Waals surface area contributed by atoms with Gasteiger partial charge in [0.05, 0.1) is 0 Å². The van der Waals surface area contributed by atoms with Crippen LogP contribution in [0.3, 0.4) is 0 Å². The molecule has 0 aromatic heterocycles. The molecule has 5 heteroatoms. The van der Waals surface area contributed by atoms with Gasteiger partial charge in [-0.05, 0) is 38.7 Å². The molecule has 0 radical (unpaired) electrons. The fourth-order valence-corrected chi connectivity index (χ4v) is 5.04. The molecule has 22 heavy (non-hydrogen) atoms. The van der Waals surface area contributed by atoms with E-state index in [1.807, 2.05) is 19.9 Å². The quantitative estimate of drug-likeness (QED) is 0.379. The van der Waals surface area contributed by atoms with Crippen molar-refractivity contribution in [1.29, 1.82) is 0 Å². The van der Waals surface area contributed by atoms with Gasteiger partial charge in [0.1, 0.15) is 0 Å². The van der Waals surface area contributed by atoms with Crippen LogP contribution < -0.4 is 0 Å². The topological polar surface area (TPSA) is 27.7 Å². The van der Waals surface area contributed by atoms with Crippen LogP contribution in [0, 0.1) is 0 Å². The van der Waals surface area contributed by atoms with E-state index in [0.717, 1.165) is 25.3 Å². The Hall–Kier alpha value is -0.203. The third-order valence-corrected chi connectivity index (χ3v) is 7.56. The second-order valence-electron chi connectivity index (χ2n) is 5.18. The van der Waals surface area contributed by atoms with Crippen molar-refractivity contribution >= 4 is 24.7 Å². The zero-order valence-electron chi connectivity index (χ0n) is 14.0. The van der Waals surface area contributed by atoms with E-state index in [2.05, 4.69) is 47.1 Å². The highest BCUT2D eigenvalue weighted by atomic mass is 79.9. The standard InChI is InChI=1S/C17H29BrO3Si/c1-4-17(18)12-14-21-22(19-5-2,20-6-3)15-13-16-10-8-7-9-11-16/h7-11,17H,4-6,12-15H2,1-3H3. The summed E-state index contributed by atoms with van der Waals surface area (Å²) in [4.78, 5) is 0.497. The Balaban J connectivity index is 2.63. The predicted octanol–water partition coefficient (Wildman–Crippen LogP) is 4.82. The van der Waals surface area contributed by atoms with Gasteiger partial charge in [0.2, 0.25) is 0 Å². The van der Waals surface area contributed by atoms with E-state index in [-0.39, 0.29) is 0 Å². The van der Waals surface area contributed by atoms with Crippen LogP contribution in [0.15, 0.2) is 30.3 Å². The summed E-state index contributed by atoms with van der Waals surface area (Å²) < 4.78 is 18.1. The zero-order chi connectivity index (χ0) is 16.3. The second kappa shape index (κ2) is 11.4. The lowest BCUT2D eigenvalue weighted by Crippen LogP contribution is -2.46. The van der Waals surface area contributed by atoms with E-state index in [4.69, 9.17) is 13.3 Å². The number of aryl methyl sites for hydroxylation is 1. The van der Waals surface area contributed by atoms with Crippen molar-refractivity contribution in [2.45, 2.75) is 50.9 Å². The lowest BCUT2D eigenvalue weighted by atomic mass is 10.2. The summed E-state index contributed by atoms with van der Waals surface area (Å²) in [7, 11) is -2.58. The molecule has 1 aromatic rings. The first-order chi connectivity index (χ1) is 10.7. The van der Waals surface area contributed by atoms with Crippen LogP contribution in [0.5, 0.6) is 0 Å². The summed E-state index contributed by atoms with van der Waals surface area (Å²) >= 11 is 3.65. The minimum atomic E-state index is -2.58. The average molecular weight is 389 g/mol. The molecule has 126 valence electrons. The molecule has 1 atom stereocenters. The van der Waals surface area contributed by atoms with Crippen molar-refractivity contribution in [2.24, 2.45) is 0 Å². The van der Waals surface area contributed by atoms with E-state index in [1.165, 1.54) is 5.56 Å². The SMILES string of the molecule is CCO[Si](CCc1ccccc1)(OCC)OCCC(Br)CC. The maximum absolute atomic E-state index is 6.17. The van der Waals surface area contributed by atoms with Gasteiger partial charge in [0.15, 0.2) is 0 Å². The highest BCUT2D eigenvalue weighted by molar-refractivity contribution is 9.09. The third kappa shape index (κ3) is 7.37. The van der Waals surface area contributed by atoms with E-state index < -0.39 is 8.80 Å². The van der Waals surface area contributed by atoms with Crippen molar-refractivity contribution in [3.63, 3.8) is 0 Å². The smallest absolute Gasteiger partial charge is 0.374 e. The lowest BCUT2D eigenvalue weighted by molar-refractivity contribution is 0.0662. The Bertz CT molecular complexity index is 383. The van der Waals surface area contributed by atoms with Crippen molar-refractivity contribution in [1.82, 2.24) is 0 Å². The van der Waals surface area contributed by atoms with Crippen LogP contribution >= 0.6 is 15.9 Å². The molecule has 0 heterocycles. The first-order valence-electron chi connectivity index (χ1n) is 8.25. The number of rotatable bonds is 12. The molecule has 0 saturated heterocycles. The van der Waals surface area contributed by atoms with E-state index in [9.17, 15) is 0 Å². The highest BCUT2D eigenvalue weighted by Crippen LogP contribution is 2.21. The van der Waals surface area contributed by atoms with Gasteiger partial charge in [-0.15, -0.1) is 0 Å². The van der Waals surface area contributed by atoms with Crippen LogP contribution in [0.25, 0.3) is 0 Å². The third-order valence-electron chi connectivity index (χ3n) is 3.49. The van der Waals surface area contributed by atoms with Gasteiger partial charge in [0.25, 0.3) is 0 Å². The number of hydrogen-bond donors (Lipinski definition) is 0. The molecule has 0 aliphatic heterocycles. The monoisotopic (exact) mass is 388 g/mol. The maximum Gasteiger partial charge on any atom is 0.501 e. The fourth-order valence-electron chi connectivity index (χ4n) is 2.27. The molecule has 3 nitrogen and oxygen atoms in total. The first kappa shape index (κ1) is 19.8. The van der Waals surface area contributed by atoms with Gasteiger partial charge in [-0.3, -0.25) is 0 Å². The van der Waals surface area contributed by atoms with E-state index in [0.29, 0.717) is 24.6 Å². The molecule has 0 spiro atoms. The number of hydrogen-bond acceptors (Lipinski definition) is 3. The Morgan fingerprint density at radius 1 is 1.00 bits per heavy atom. The summed E-state index contributed by atoms with van der Waals surface area (Å²) in [6.07, 6.45) is 3.01. The van der Waals surface area contributed by atoms with Crippen molar-refractivity contribution in [3.8, 4) is 0 Å². The molecule has 0 saturated carbocycles. The Morgan fingerprint density at radius 2 is 1.64 bits per heavy atom. The lowest BCUT2D eigenvalue weighted by Gasteiger charge is -2.29. The molecule has 1 rings (SSSR count). The molecule has 0 N–H and O–H groups in total. The molecule has 0 amide bonds. The van der Waals surface area contributed by atoms with Gasteiger partial charge in [-0.1, -0.05) is 53.2 Å². The van der Waals surface area contributed by atoms with Gasteiger partial charge in [0, 0.05) is 30.7 Å². The molecule has 0 aliphatic rings. The van der Waals surface area contributed by atoms with Gasteiger partial charge >= 0.3 is 8.80 Å². The van der Waals surface area contributed by atoms with Crippen LogP contribution in [0.4, 0.5) is 0 Å². The van der Waals surface area contributed by atoms with Crippen LogP contribution in [-0.2, 0) is 19.7 Å². The Labute approximate surface area is 144 Å². The number of halogens is 1. The average Bonchev–Trinajstić information content (AvgIpc) is 2.54. The summed E-state index contributed by atoms with van der Waals surface area (Å²) in [5.74, 6) is 0. The minimum absolute atomic E-state index is 0.497. The fraction of sp³-hybridized carbons (Fsp3) is 0.647. The van der Waals surface area contributed by atoms with E-state index >= 15 is 0 Å². The molecule has 0 bridgehead atoms. The van der Waals surface area contributed by atoms with Gasteiger partial charge in [-0.25, -0.2) is 0 Å². The van der Waals surface area contributed by atoms with Crippen LogP contribution in [0.2, 0.25) is 6.04 Å². The van der Waals surface area contributed by atoms with Gasteiger partial charge in [-0.2, -0.15) is 0 Å². The normalized spacial score (nSPS) is 13.3. The summed E-state index contributed by atoms with van der Waals surface area (Å²) in [5.41, 5.74) is 1.30. The van der Waals surface area contributed by atoms with Crippen molar-refractivity contribution in [2.75, 3.05) is 19.8 Å². The van der Waals surface area contributed by atoms with Crippen molar-refractivity contribution < 1.29 is 13.3 Å². The minimum Gasteiger partial charge on any atom is -0.374 e. The zero-order valence-corrected chi connectivity index (χ0v) is 16.6. The Morgan fingerprint density at radius 3 is 2.18 bits per heavy atom. The second-order valence-corrected chi connectivity index (χ2v) is 9.20. The first-order valence-corrected chi connectivity index (χ1v) is 11.1. The number of alkyl halides is 1. The summed E-state index contributed by atoms with van der Waals surface area (Å²) in [5, 5.41) is 0. The Kier molecular flexibility index (Phi) is 10.2. The molecule has 0 aliphatic carbocycles. The highest BCUT2D eigenvalue weighted by Gasteiger charge is 2.40. The van der Waals surface area contributed by atoms with Crippen molar-refractivity contribution in [3.05, 3.63) is 35.9 Å². The van der Waals surface area contributed by atoms with Crippen LogP contribution in [-0.4, -0.2) is 33.5 Å². The van der Waals surface area contributed by atoms with Gasteiger partial charge < -0.3 is 13.3 Å².